The predicted octanol–water partition coefficient (Wildman–Crippen LogP) is 2.34. The second kappa shape index (κ2) is 11.4. The molecule has 0 radical (unpaired) electrons. The van der Waals surface area contributed by atoms with Crippen molar-refractivity contribution >= 4 is 30.7 Å². The molecule has 3 rings (SSSR count). The van der Waals surface area contributed by atoms with Crippen LogP contribution in [0.5, 0.6) is 0 Å². The highest BCUT2D eigenvalue weighted by Crippen LogP contribution is 2.24. The van der Waals surface area contributed by atoms with E-state index in [4.69, 9.17) is 0 Å². The maximum atomic E-state index is 13.4. The zero-order valence-electron chi connectivity index (χ0n) is 15.6. The fraction of sp³-hybridized carbons (Fsp3) is 0.444. The van der Waals surface area contributed by atoms with Crippen LogP contribution in [0.2, 0.25) is 0 Å². The lowest BCUT2D eigenvalue weighted by molar-refractivity contribution is -0.183. The summed E-state index contributed by atoms with van der Waals surface area (Å²) in [5.74, 6) is -0.509. The standard InChI is InChI=1S/C18H22F3N5O.2ClH/c19-18(20,21)16(25-10-7-22-8-11-25)12-23-17(27)15-4-2-14(3-5-15)13-26-9-1-6-24-26;;/h1-6,9,16,22H,7-8,10-13H2,(H,23,27);2*1H. The Morgan fingerprint density at radius 2 is 1.83 bits per heavy atom. The third-order valence-corrected chi connectivity index (χ3v) is 4.55. The normalized spacial score (nSPS) is 15.7. The molecule has 0 bridgehead atoms. The van der Waals surface area contributed by atoms with Crippen molar-refractivity contribution in [1.82, 2.24) is 25.3 Å². The molecule has 2 N–H and O–H groups in total. The van der Waals surface area contributed by atoms with Crippen LogP contribution in [0.4, 0.5) is 13.2 Å². The quantitative estimate of drug-likeness (QED) is 0.704. The van der Waals surface area contributed by atoms with Gasteiger partial charge in [0.2, 0.25) is 0 Å². The third kappa shape index (κ3) is 7.18. The van der Waals surface area contributed by atoms with E-state index in [0.29, 0.717) is 38.3 Å². The minimum atomic E-state index is -4.39. The molecule has 1 saturated heterocycles. The van der Waals surface area contributed by atoms with E-state index in [0.717, 1.165) is 5.56 Å². The lowest BCUT2D eigenvalue weighted by atomic mass is 10.1. The molecule has 0 spiro atoms. The first-order valence-electron chi connectivity index (χ1n) is 8.79. The number of nitrogens with one attached hydrogen (secondary N) is 2. The number of aromatic nitrogens is 2. The highest BCUT2D eigenvalue weighted by molar-refractivity contribution is 5.94. The van der Waals surface area contributed by atoms with Gasteiger partial charge in [0, 0.05) is 50.7 Å². The molecule has 2 heterocycles. The van der Waals surface area contributed by atoms with Crippen molar-refractivity contribution in [2.75, 3.05) is 32.7 Å². The van der Waals surface area contributed by atoms with Crippen LogP contribution in [-0.2, 0) is 6.54 Å². The summed E-state index contributed by atoms with van der Waals surface area (Å²) in [7, 11) is 0. The number of carbonyl (C=O) groups is 1. The summed E-state index contributed by atoms with van der Waals surface area (Å²) in [5, 5.41) is 9.57. The topological polar surface area (TPSA) is 62.2 Å². The van der Waals surface area contributed by atoms with Crippen molar-refractivity contribution in [1.29, 1.82) is 0 Å². The number of carbonyl (C=O) groups excluding carboxylic acids is 1. The molecule has 162 valence electrons. The number of nitrogens with zero attached hydrogens (tertiary/aromatic N) is 3. The average Bonchev–Trinajstić information content (AvgIpc) is 3.15. The van der Waals surface area contributed by atoms with Gasteiger partial charge in [-0.15, -0.1) is 24.8 Å². The summed E-state index contributed by atoms with van der Waals surface area (Å²) >= 11 is 0. The van der Waals surface area contributed by atoms with E-state index in [1.54, 1.807) is 35.1 Å². The van der Waals surface area contributed by atoms with Gasteiger partial charge >= 0.3 is 6.18 Å². The van der Waals surface area contributed by atoms with Crippen molar-refractivity contribution in [3.63, 3.8) is 0 Å². The number of alkyl halides is 3. The van der Waals surface area contributed by atoms with Crippen LogP contribution >= 0.6 is 24.8 Å². The van der Waals surface area contributed by atoms with Gasteiger partial charge in [0.05, 0.1) is 6.54 Å². The van der Waals surface area contributed by atoms with Crippen molar-refractivity contribution in [2.45, 2.75) is 18.8 Å². The Bertz CT molecular complexity index is 735. The van der Waals surface area contributed by atoms with Crippen LogP contribution in [0.3, 0.4) is 0 Å². The smallest absolute Gasteiger partial charge is 0.350 e. The number of rotatable bonds is 6. The Kier molecular flexibility index (Phi) is 9.91. The molecular weight excluding hydrogens is 430 g/mol. The number of piperazine rings is 1. The fourth-order valence-corrected chi connectivity index (χ4v) is 3.08. The van der Waals surface area contributed by atoms with Gasteiger partial charge < -0.3 is 10.6 Å². The molecule has 0 aliphatic carbocycles. The van der Waals surface area contributed by atoms with Crippen molar-refractivity contribution in [2.24, 2.45) is 0 Å². The summed E-state index contributed by atoms with van der Waals surface area (Å²) in [6.07, 6.45) is -0.885. The summed E-state index contributed by atoms with van der Waals surface area (Å²) in [6, 6.07) is 6.91. The second-order valence-corrected chi connectivity index (χ2v) is 6.45. The Hall–Kier alpha value is -1.81. The molecule has 11 heteroatoms. The first kappa shape index (κ1) is 25.2. The molecule has 1 aliphatic heterocycles. The number of amides is 1. The van der Waals surface area contributed by atoms with Crippen molar-refractivity contribution in [3.05, 3.63) is 53.9 Å². The van der Waals surface area contributed by atoms with Crippen molar-refractivity contribution < 1.29 is 18.0 Å². The summed E-state index contributed by atoms with van der Waals surface area (Å²) in [4.78, 5) is 13.6. The van der Waals surface area contributed by atoms with Crippen molar-refractivity contribution in [3.8, 4) is 0 Å². The predicted molar refractivity (Wildman–Crippen MR) is 109 cm³/mol. The van der Waals surface area contributed by atoms with Gasteiger partial charge in [-0.05, 0) is 23.8 Å². The molecule has 0 saturated carbocycles. The van der Waals surface area contributed by atoms with Crippen LogP contribution in [0.15, 0.2) is 42.7 Å². The summed E-state index contributed by atoms with van der Waals surface area (Å²) in [6.45, 7) is 1.74. The fourth-order valence-electron chi connectivity index (χ4n) is 3.08. The van der Waals surface area contributed by atoms with Gasteiger partial charge in [-0.1, -0.05) is 12.1 Å². The maximum absolute atomic E-state index is 13.4. The lowest BCUT2D eigenvalue weighted by Gasteiger charge is -2.35. The SMILES string of the molecule is Cl.Cl.O=C(NCC(N1CCNCC1)C(F)(F)F)c1ccc(Cn2cccn2)cc1. The minimum Gasteiger partial charge on any atom is -0.350 e. The minimum absolute atomic E-state index is 0. The molecule has 1 unspecified atom stereocenters. The molecule has 1 atom stereocenters. The van der Waals surface area contributed by atoms with Crippen LogP contribution in [0.25, 0.3) is 0 Å². The Morgan fingerprint density at radius 1 is 1.17 bits per heavy atom. The van der Waals surface area contributed by atoms with Gasteiger partial charge in [-0.25, -0.2) is 0 Å². The Labute approximate surface area is 179 Å². The van der Waals surface area contributed by atoms with E-state index in [2.05, 4.69) is 15.7 Å². The van der Waals surface area contributed by atoms with Gasteiger partial charge in [0.1, 0.15) is 6.04 Å². The van der Waals surface area contributed by atoms with Gasteiger partial charge in [-0.2, -0.15) is 18.3 Å². The Balaban J connectivity index is 0.00000210. The monoisotopic (exact) mass is 453 g/mol. The van der Waals surface area contributed by atoms with Crippen LogP contribution in [0.1, 0.15) is 15.9 Å². The number of halogens is 5. The number of hydrogen-bond acceptors (Lipinski definition) is 4. The summed E-state index contributed by atoms with van der Waals surface area (Å²) in [5.41, 5.74) is 1.28. The molecule has 1 aliphatic rings. The van der Waals surface area contributed by atoms with Gasteiger partial charge in [-0.3, -0.25) is 14.4 Å². The Morgan fingerprint density at radius 3 is 2.38 bits per heavy atom. The second-order valence-electron chi connectivity index (χ2n) is 6.45. The molecular formula is C18H24Cl2F3N5O. The highest BCUT2D eigenvalue weighted by Gasteiger charge is 2.43. The largest absolute Gasteiger partial charge is 0.405 e. The zero-order chi connectivity index (χ0) is 19.3. The molecule has 1 aromatic carbocycles. The average molecular weight is 454 g/mol. The highest BCUT2D eigenvalue weighted by atomic mass is 35.5. The molecule has 29 heavy (non-hydrogen) atoms. The van der Waals surface area contributed by atoms with E-state index < -0.39 is 24.7 Å². The van der Waals surface area contributed by atoms with Crippen LogP contribution < -0.4 is 10.6 Å². The van der Waals surface area contributed by atoms with Crippen LogP contribution in [0, 0.1) is 0 Å². The van der Waals surface area contributed by atoms with Crippen LogP contribution in [-0.4, -0.2) is 65.5 Å². The molecule has 1 fully saturated rings. The molecule has 6 nitrogen and oxygen atoms in total. The van der Waals surface area contributed by atoms with E-state index in [1.807, 2.05) is 12.3 Å². The van der Waals surface area contributed by atoms with E-state index in [1.165, 1.54) is 4.90 Å². The molecule has 2 aromatic rings. The molecule has 1 aromatic heterocycles. The molecule has 1 amide bonds. The number of benzene rings is 1. The van der Waals surface area contributed by atoms with E-state index in [9.17, 15) is 18.0 Å². The lowest BCUT2D eigenvalue weighted by Crippen LogP contribution is -2.57. The first-order valence-corrected chi connectivity index (χ1v) is 8.79. The van der Waals surface area contributed by atoms with Gasteiger partial charge in [0.15, 0.2) is 0 Å². The number of hydrogen-bond donors (Lipinski definition) is 2. The van der Waals surface area contributed by atoms with Gasteiger partial charge in [0.25, 0.3) is 5.91 Å². The maximum Gasteiger partial charge on any atom is 0.405 e. The first-order chi connectivity index (χ1) is 12.9. The zero-order valence-corrected chi connectivity index (χ0v) is 17.2. The summed E-state index contributed by atoms with van der Waals surface area (Å²) < 4.78 is 41.9. The van der Waals surface area contributed by atoms with E-state index in [-0.39, 0.29) is 24.8 Å². The third-order valence-electron chi connectivity index (χ3n) is 4.55. The van der Waals surface area contributed by atoms with E-state index >= 15 is 0 Å².